The summed E-state index contributed by atoms with van der Waals surface area (Å²) in [5, 5.41) is 2.57. The third-order valence-electron chi connectivity index (χ3n) is 5.20. The summed E-state index contributed by atoms with van der Waals surface area (Å²) in [5.41, 5.74) is 2.62. The first-order valence-corrected chi connectivity index (χ1v) is 10.0. The van der Waals surface area contributed by atoms with Crippen LogP contribution in [0.3, 0.4) is 0 Å². The van der Waals surface area contributed by atoms with Crippen LogP contribution < -0.4 is 5.32 Å². The molecule has 8 heteroatoms. The lowest BCUT2D eigenvalue weighted by molar-refractivity contribution is -0.119. The monoisotopic (exact) mass is 437 g/mol. The zero-order valence-electron chi connectivity index (χ0n) is 17.1. The third-order valence-corrected chi connectivity index (χ3v) is 5.20. The summed E-state index contributed by atoms with van der Waals surface area (Å²) in [6.07, 6.45) is 1.28. The van der Waals surface area contributed by atoms with Crippen LogP contribution in [0.25, 0.3) is 11.0 Å². The Morgan fingerprint density at radius 3 is 2.18 bits per heavy atom. The van der Waals surface area contributed by atoms with Crippen LogP contribution in [0.15, 0.2) is 72.9 Å². The van der Waals surface area contributed by atoms with Crippen molar-refractivity contribution in [3.8, 4) is 0 Å². The Morgan fingerprint density at radius 2 is 1.42 bits per heavy atom. The second kappa shape index (κ2) is 8.08. The average molecular weight is 437 g/mol. The Labute approximate surface area is 187 Å². The van der Waals surface area contributed by atoms with Gasteiger partial charge in [-0.3, -0.25) is 19.4 Å². The van der Waals surface area contributed by atoms with Crippen molar-refractivity contribution >= 4 is 40.2 Å². The number of carbonyl (C=O) groups excluding carboxylic acids is 4. The number of hydrogen-bond acceptors (Lipinski definition) is 7. The molecule has 1 amide bonds. The molecule has 0 saturated heterocycles. The van der Waals surface area contributed by atoms with E-state index >= 15 is 0 Å². The lowest BCUT2D eigenvalue weighted by atomic mass is 9.84. The topological polar surface area (TPSA) is 115 Å². The zero-order chi connectivity index (χ0) is 22.9. The molecule has 1 aliphatic rings. The normalized spacial score (nSPS) is 12.1. The van der Waals surface area contributed by atoms with E-state index < -0.39 is 18.5 Å². The van der Waals surface area contributed by atoms with E-state index in [1.54, 1.807) is 42.5 Å². The summed E-state index contributed by atoms with van der Waals surface area (Å²) in [7, 11) is 0. The fourth-order valence-corrected chi connectivity index (χ4v) is 3.63. The van der Waals surface area contributed by atoms with Gasteiger partial charge in [0.1, 0.15) is 0 Å². The summed E-state index contributed by atoms with van der Waals surface area (Å²) in [6.45, 7) is -0.555. The molecule has 4 aromatic rings. The molecule has 5 rings (SSSR count). The average Bonchev–Trinajstić information content (AvgIpc) is 2.85. The molecule has 3 aromatic carbocycles. The third kappa shape index (κ3) is 3.74. The largest absolute Gasteiger partial charge is 0.451 e. The molecule has 160 valence electrons. The fourth-order valence-electron chi connectivity index (χ4n) is 3.63. The van der Waals surface area contributed by atoms with Crippen LogP contribution in [0.1, 0.15) is 42.3 Å². The minimum absolute atomic E-state index is 0.0157. The van der Waals surface area contributed by atoms with Crippen LogP contribution in [0.5, 0.6) is 0 Å². The van der Waals surface area contributed by atoms with Gasteiger partial charge in [0, 0.05) is 27.9 Å². The number of fused-ring (bicyclic) bond motifs is 3. The number of esters is 1. The molecule has 0 bridgehead atoms. The summed E-state index contributed by atoms with van der Waals surface area (Å²) in [5.74, 6) is -1.93. The summed E-state index contributed by atoms with van der Waals surface area (Å²) in [4.78, 5) is 58.3. The van der Waals surface area contributed by atoms with Crippen molar-refractivity contribution in [1.82, 2.24) is 9.97 Å². The highest BCUT2D eigenvalue weighted by Gasteiger charge is 2.29. The maximum absolute atomic E-state index is 12.8. The number of carbonyl (C=O) groups is 4. The van der Waals surface area contributed by atoms with Crippen LogP contribution in [-0.4, -0.2) is 40.0 Å². The van der Waals surface area contributed by atoms with E-state index in [1.807, 2.05) is 6.07 Å². The van der Waals surface area contributed by atoms with Gasteiger partial charge in [-0.15, -0.1) is 0 Å². The molecule has 8 nitrogen and oxygen atoms in total. The highest BCUT2D eigenvalue weighted by Crippen LogP contribution is 2.29. The number of aromatic nitrogens is 2. The van der Waals surface area contributed by atoms with E-state index in [2.05, 4.69) is 15.3 Å². The SMILES string of the molecule is O=C(COC(=O)c1cnc2ccccc2n1)Nc1ccc2c(c1)C(=O)c1ccccc1C2=O. The molecule has 33 heavy (non-hydrogen) atoms. The van der Waals surface area contributed by atoms with Crippen molar-refractivity contribution < 1.29 is 23.9 Å². The first kappa shape index (κ1) is 20.2. The highest BCUT2D eigenvalue weighted by molar-refractivity contribution is 6.28. The van der Waals surface area contributed by atoms with E-state index in [0.717, 1.165) is 0 Å². The van der Waals surface area contributed by atoms with Crippen LogP contribution in [0.2, 0.25) is 0 Å². The van der Waals surface area contributed by atoms with E-state index in [1.165, 1.54) is 24.4 Å². The number of para-hydroxylation sites is 2. The van der Waals surface area contributed by atoms with Gasteiger partial charge in [0.25, 0.3) is 5.91 Å². The van der Waals surface area contributed by atoms with Gasteiger partial charge in [-0.1, -0.05) is 36.4 Å². The highest BCUT2D eigenvalue weighted by atomic mass is 16.5. The zero-order valence-corrected chi connectivity index (χ0v) is 17.1. The maximum Gasteiger partial charge on any atom is 0.359 e. The number of nitrogens with one attached hydrogen (secondary N) is 1. The predicted molar refractivity (Wildman–Crippen MR) is 118 cm³/mol. The number of hydrogen-bond donors (Lipinski definition) is 1. The Balaban J connectivity index is 1.27. The molecule has 0 fully saturated rings. The summed E-state index contributed by atoms with van der Waals surface area (Å²) < 4.78 is 5.03. The van der Waals surface area contributed by atoms with E-state index in [9.17, 15) is 19.2 Å². The van der Waals surface area contributed by atoms with Crippen LogP contribution in [0.4, 0.5) is 5.69 Å². The molecule has 1 heterocycles. The molecule has 0 radical (unpaired) electrons. The quantitative estimate of drug-likeness (QED) is 0.429. The number of ketones is 2. The maximum atomic E-state index is 12.8. The number of nitrogens with zero attached hydrogens (tertiary/aromatic N) is 2. The van der Waals surface area contributed by atoms with Gasteiger partial charge in [-0.25, -0.2) is 9.78 Å². The molecule has 0 aliphatic heterocycles. The van der Waals surface area contributed by atoms with Gasteiger partial charge >= 0.3 is 5.97 Å². The van der Waals surface area contributed by atoms with Gasteiger partial charge < -0.3 is 10.1 Å². The summed E-state index contributed by atoms with van der Waals surface area (Å²) >= 11 is 0. The molecule has 0 spiro atoms. The predicted octanol–water partition coefficient (Wildman–Crippen LogP) is 3.20. The van der Waals surface area contributed by atoms with E-state index in [4.69, 9.17) is 4.74 Å². The number of benzene rings is 3. The van der Waals surface area contributed by atoms with Crippen molar-refractivity contribution in [2.24, 2.45) is 0 Å². The van der Waals surface area contributed by atoms with Crippen molar-refractivity contribution in [3.63, 3.8) is 0 Å². The Hall–Kier alpha value is -4.72. The molecule has 0 saturated carbocycles. The molecule has 1 aliphatic carbocycles. The van der Waals surface area contributed by atoms with Gasteiger partial charge in [-0.05, 0) is 30.3 Å². The molecule has 1 aromatic heterocycles. The van der Waals surface area contributed by atoms with Crippen LogP contribution >= 0.6 is 0 Å². The smallest absolute Gasteiger partial charge is 0.359 e. The second-order valence-corrected chi connectivity index (χ2v) is 7.33. The summed E-state index contributed by atoms with van der Waals surface area (Å²) in [6, 6.07) is 18.1. The standard InChI is InChI=1S/C25H15N3O5/c29-22(13-33-25(32)21-12-26-19-7-3-4-8-20(19)28-21)27-14-9-10-17-18(11-14)24(31)16-6-2-1-5-15(16)23(17)30/h1-12H,13H2,(H,27,29). The van der Waals surface area contributed by atoms with Gasteiger partial charge in [0.2, 0.25) is 0 Å². The Morgan fingerprint density at radius 1 is 0.788 bits per heavy atom. The number of amides is 1. The van der Waals surface area contributed by atoms with Crippen molar-refractivity contribution in [3.05, 3.63) is 101 Å². The van der Waals surface area contributed by atoms with E-state index in [-0.39, 0.29) is 28.4 Å². The molecule has 1 N–H and O–H groups in total. The Kier molecular flexibility index (Phi) is 4.95. The first-order valence-electron chi connectivity index (χ1n) is 10.0. The fraction of sp³-hybridized carbons (Fsp3) is 0.0400. The van der Waals surface area contributed by atoms with Crippen molar-refractivity contribution in [2.45, 2.75) is 0 Å². The minimum Gasteiger partial charge on any atom is -0.451 e. The van der Waals surface area contributed by atoms with Gasteiger partial charge in [-0.2, -0.15) is 0 Å². The van der Waals surface area contributed by atoms with Gasteiger partial charge in [0.05, 0.1) is 17.2 Å². The second-order valence-electron chi connectivity index (χ2n) is 7.33. The lowest BCUT2D eigenvalue weighted by Crippen LogP contribution is -2.23. The minimum atomic E-state index is -0.786. The van der Waals surface area contributed by atoms with Crippen LogP contribution in [-0.2, 0) is 9.53 Å². The van der Waals surface area contributed by atoms with E-state index in [0.29, 0.717) is 27.8 Å². The number of anilines is 1. The van der Waals surface area contributed by atoms with Crippen molar-refractivity contribution in [1.29, 1.82) is 0 Å². The molecular weight excluding hydrogens is 422 g/mol. The molecular formula is C25H15N3O5. The number of rotatable bonds is 4. The molecule has 0 unspecified atom stereocenters. The lowest BCUT2D eigenvalue weighted by Gasteiger charge is -2.18. The molecule has 0 atom stereocenters. The van der Waals surface area contributed by atoms with Gasteiger partial charge in [0.15, 0.2) is 23.9 Å². The first-order chi connectivity index (χ1) is 16.0. The van der Waals surface area contributed by atoms with Crippen molar-refractivity contribution in [2.75, 3.05) is 11.9 Å². The van der Waals surface area contributed by atoms with Crippen LogP contribution in [0, 0.1) is 0 Å². The Bertz CT molecular complexity index is 1480. The number of ether oxygens (including phenoxy) is 1.